The molecule has 0 aliphatic rings. The topological polar surface area (TPSA) is 64.8 Å². The highest BCUT2D eigenvalue weighted by Crippen LogP contribution is 2.24. The van der Waals surface area contributed by atoms with E-state index < -0.39 is 0 Å². The summed E-state index contributed by atoms with van der Waals surface area (Å²) in [7, 11) is 1.58. The van der Waals surface area contributed by atoms with Crippen molar-refractivity contribution in [1.82, 2.24) is 9.99 Å². The van der Waals surface area contributed by atoms with Gasteiger partial charge in [-0.25, -0.2) is 5.43 Å². The Kier molecular flexibility index (Phi) is 8.48. The molecule has 0 unspecified atom stereocenters. The number of rotatable bonds is 8. The molecule has 0 radical (unpaired) electrons. The summed E-state index contributed by atoms with van der Waals surface area (Å²) < 4.78 is 15.3. The molecule has 1 heterocycles. The van der Waals surface area contributed by atoms with Crippen molar-refractivity contribution in [2.75, 3.05) is 7.11 Å². The van der Waals surface area contributed by atoms with E-state index in [-0.39, 0.29) is 5.91 Å². The van der Waals surface area contributed by atoms with Gasteiger partial charge in [-0.15, -0.1) is 0 Å². The lowest BCUT2D eigenvalue weighted by molar-refractivity contribution is 0.0954. The van der Waals surface area contributed by atoms with Crippen LogP contribution in [0.5, 0.6) is 11.5 Å². The van der Waals surface area contributed by atoms with Crippen LogP contribution in [0.2, 0.25) is 0 Å². The third-order valence-corrected chi connectivity index (χ3v) is 7.09. The van der Waals surface area contributed by atoms with Crippen molar-refractivity contribution in [2.45, 2.75) is 20.5 Å². The Balaban J connectivity index is 1.42. The molecule has 36 heavy (non-hydrogen) atoms. The van der Waals surface area contributed by atoms with Crippen molar-refractivity contribution in [2.24, 2.45) is 5.10 Å². The van der Waals surface area contributed by atoms with E-state index in [0.717, 1.165) is 42.0 Å². The summed E-state index contributed by atoms with van der Waals surface area (Å²) in [6.45, 7) is 4.58. The van der Waals surface area contributed by atoms with Crippen molar-refractivity contribution >= 4 is 50.6 Å². The van der Waals surface area contributed by atoms with E-state index in [9.17, 15) is 4.79 Å². The molecular weight excluding hydrogens is 633 g/mol. The summed E-state index contributed by atoms with van der Waals surface area (Å²) in [6, 6.07) is 23.4. The van der Waals surface area contributed by atoms with Crippen molar-refractivity contribution in [3.63, 3.8) is 0 Å². The van der Waals surface area contributed by atoms with Crippen LogP contribution >= 0.6 is 38.5 Å². The Labute approximate surface area is 232 Å². The van der Waals surface area contributed by atoms with Crippen molar-refractivity contribution in [3.8, 4) is 17.2 Å². The molecule has 3 aromatic carbocycles. The van der Waals surface area contributed by atoms with Crippen LogP contribution < -0.4 is 14.9 Å². The first kappa shape index (κ1) is 26.0. The van der Waals surface area contributed by atoms with E-state index in [0.29, 0.717) is 17.9 Å². The molecule has 1 N–H and O–H groups in total. The van der Waals surface area contributed by atoms with E-state index in [2.05, 4.69) is 53.6 Å². The number of nitrogens with one attached hydrogen (secondary N) is 1. The van der Waals surface area contributed by atoms with Gasteiger partial charge in [-0.05, 0) is 103 Å². The van der Waals surface area contributed by atoms with Gasteiger partial charge >= 0.3 is 0 Å². The molecule has 0 fully saturated rings. The zero-order chi connectivity index (χ0) is 25.7. The highest BCUT2D eigenvalue weighted by atomic mass is 127. The average Bonchev–Trinajstić information content (AvgIpc) is 3.16. The molecule has 0 atom stereocenters. The quantitative estimate of drug-likeness (QED) is 0.129. The minimum absolute atomic E-state index is 0.298. The molecule has 0 spiro atoms. The zero-order valence-corrected chi connectivity index (χ0v) is 23.8. The standard InChI is InChI=1S/C28H25BrIN3O3/c1-18-14-22(16-31-32-28(34)21-6-13-26(30)27(15-21)35-3)19(2)33(18)24-9-11-25(12-10-24)36-17-20-4-7-23(29)8-5-20/h4-16H,17H2,1-3H3,(H,32,34)/b31-16-. The van der Waals surface area contributed by atoms with Crippen LogP contribution in [0.3, 0.4) is 0 Å². The monoisotopic (exact) mass is 657 g/mol. The fourth-order valence-corrected chi connectivity index (χ4v) is 4.60. The number of carbonyl (C=O) groups excluding carboxylic acids is 1. The number of aryl methyl sites for hydroxylation is 1. The average molecular weight is 658 g/mol. The Hall–Kier alpha value is -3.11. The lowest BCUT2D eigenvalue weighted by Gasteiger charge is -2.11. The second-order valence-corrected chi connectivity index (χ2v) is 10.2. The van der Waals surface area contributed by atoms with Crippen LogP contribution in [0.1, 0.15) is 32.9 Å². The molecule has 0 bridgehead atoms. The highest BCUT2D eigenvalue weighted by Gasteiger charge is 2.11. The Morgan fingerprint density at radius 1 is 1.06 bits per heavy atom. The van der Waals surface area contributed by atoms with Gasteiger partial charge in [0, 0.05) is 32.7 Å². The van der Waals surface area contributed by atoms with Crippen molar-refractivity contribution in [3.05, 3.63) is 109 Å². The molecule has 4 aromatic rings. The van der Waals surface area contributed by atoms with Crippen molar-refractivity contribution < 1.29 is 14.3 Å². The first-order valence-corrected chi connectivity index (χ1v) is 13.1. The molecular formula is C28H25BrIN3O3. The van der Waals surface area contributed by atoms with Crippen LogP contribution in [0.25, 0.3) is 5.69 Å². The summed E-state index contributed by atoms with van der Waals surface area (Å²) in [5, 5.41) is 4.17. The third kappa shape index (κ3) is 6.17. The first-order valence-electron chi connectivity index (χ1n) is 11.2. The van der Waals surface area contributed by atoms with Gasteiger partial charge in [-0.2, -0.15) is 5.10 Å². The van der Waals surface area contributed by atoms with Gasteiger partial charge in [0.05, 0.1) is 16.9 Å². The van der Waals surface area contributed by atoms with Crippen LogP contribution in [0.15, 0.2) is 82.4 Å². The number of nitrogens with zero attached hydrogens (tertiary/aromatic N) is 2. The predicted molar refractivity (Wildman–Crippen MR) is 154 cm³/mol. The molecule has 1 aromatic heterocycles. The molecule has 184 valence electrons. The van der Waals surface area contributed by atoms with Crippen LogP contribution in [0.4, 0.5) is 0 Å². The molecule has 1 amide bonds. The summed E-state index contributed by atoms with van der Waals surface area (Å²) in [5.74, 6) is 1.16. The normalized spacial score (nSPS) is 11.0. The number of halogens is 2. The fraction of sp³-hybridized carbons (Fsp3) is 0.143. The highest BCUT2D eigenvalue weighted by molar-refractivity contribution is 14.1. The molecule has 0 saturated heterocycles. The van der Waals surface area contributed by atoms with E-state index in [1.54, 1.807) is 25.5 Å². The fourth-order valence-electron chi connectivity index (χ4n) is 3.78. The van der Waals surface area contributed by atoms with Gasteiger partial charge < -0.3 is 14.0 Å². The summed E-state index contributed by atoms with van der Waals surface area (Å²) in [5.41, 5.74) is 8.21. The maximum absolute atomic E-state index is 12.5. The molecule has 8 heteroatoms. The second-order valence-electron chi connectivity index (χ2n) is 8.12. The minimum Gasteiger partial charge on any atom is -0.496 e. The molecule has 0 saturated carbocycles. The number of hydrogen-bond acceptors (Lipinski definition) is 4. The summed E-state index contributed by atoms with van der Waals surface area (Å²) in [4.78, 5) is 12.5. The number of benzene rings is 3. The van der Waals surface area contributed by atoms with Gasteiger partial charge in [0.2, 0.25) is 0 Å². The van der Waals surface area contributed by atoms with E-state index in [4.69, 9.17) is 9.47 Å². The Bertz CT molecular complexity index is 1400. The SMILES string of the molecule is COc1cc(C(=O)N/N=C\c2cc(C)n(-c3ccc(OCc4ccc(Br)cc4)cc3)c2C)ccc1I. The Morgan fingerprint density at radius 2 is 1.78 bits per heavy atom. The number of hydrazone groups is 1. The maximum atomic E-state index is 12.5. The van der Waals surface area contributed by atoms with Gasteiger partial charge in [0.15, 0.2) is 0 Å². The minimum atomic E-state index is -0.298. The predicted octanol–water partition coefficient (Wildman–Crippen LogP) is 6.81. The number of aromatic nitrogens is 1. The Morgan fingerprint density at radius 3 is 2.47 bits per heavy atom. The van der Waals surface area contributed by atoms with E-state index in [1.807, 2.05) is 74.5 Å². The van der Waals surface area contributed by atoms with Crippen molar-refractivity contribution in [1.29, 1.82) is 0 Å². The smallest absolute Gasteiger partial charge is 0.271 e. The summed E-state index contributed by atoms with van der Waals surface area (Å²) >= 11 is 5.61. The van der Waals surface area contributed by atoms with Gasteiger partial charge in [-0.3, -0.25) is 4.79 Å². The number of ether oxygens (including phenoxy) is 2. The van der Waals surface area contributed by atoms with Crippen LogP contribution in [-0.2, 0) is 6.61 Å². The van der Waals surface area contributed by atoms with E-state index >= 15 is 0 Å². The third-order valence-electron chi connectivity index (χ3n) is 5.67. The molecule has 6 nitrogen and oxygen atoms in total. The van der Waals surface area contributed by atoms with Crippen LogP contribution in [-0.4, -0.2) is 23.8 Å². The molecule has 4 rings (SSSR count). The van der Waals surface area contributed by atoms with Gasteiger partial charge in [-0.1, -0.05) is 28.1 Å². The second kappa shape index (κ2) is 11.7. The molecule has 0 aliphatic carbocycles. The van der Waals surface area contributed by atoms with Gasteiger partial charge in [0.1, 0.15) is 18.1 Å². The van der Waals surface area contributed by atoms with E-state index in [1.165, 1.54) is 0 Å². The number of hydrogen-bond donors (Lipinski definition) is 1. The molecule has 0 aliphatic heterocycles. The zero-order valence-electron chi connectivity index (χ0n) is 20.1. The number of methoxy groups -OCH3 is 1. The first-order chi connectivity index (χ1) is 17.4. The maximum Gasteiger partial charge on any atom is 0.271 e. The summed E-state index contributed by atoms with van der Waals surface area (Å²) in [6.07, 6.45) is 1.66. The number of carbonyl (C=O) groups is 1. The number of amides is 1. The van der Waals surface area contributed by atoms with Gasteiger partial charge in [0.25, 0.3) is 5.91 Å². The van der Waals surface area contributed by atoms with Crippen LogP contribution in [0, 0.1) is 17.4 Å². The lowest BCUT2D eigenvalue weighted by atomic mass is 10.2. The largest absolute Gasteiger partial charge is 0.496 e. The lowest BCUT2D eigenvalue weighted by Crippen LogP contribution is -2.17.